The summed E-state index contributed by atoms with van der Waals surface area (Å²) >= 11 is 0. The van der Waals surface area contributed by atoms with Gasteiger partial charge in [-0.3, -0.25) is 0 Å². The highest BCUT2D eigenvalue weighted by Crippen LogP contribution is 2.15. The Morgan fingerprint density at radius 3 is 2.79 bits per heavy atom. The lowest BCUT2D eigenvalue weighted by atomic mass is 10.1. The van der Waals surface area contributed by atoms with Crippen molar-refractivity contribution in [2.45, 2.75) is 52.5 Å². The molecule has 0 aromatic heterocycles. The van der Waals surface area contributed by atoms with Crippen LogP contribution in [0.1, 0.15) is 45.1 Å². The van der Waals surface area contributed by atoms with Gasteiger partial charge in [0.05, 0.1) is 0 Å². The van der Waals surface area contributed by atoms with Crippen LogP contribution >= 0.6 is 0 Å². The van der Waals surface area contributed by atoms with E-state index in [1.165, 1.54) is 31.7 Å². The molecule has 1 unspecified atom stereocenters. The quantitative estimate of drug-likeness (QED) is 0.681. The lowest BCUT2D eigenvalue weighted by Gasteiger charge is -2.14. The molecule has 1 N–H and O–H groups in total. The maximum atomic E-state index is 13.3. The van der Waals surface area contributed by atoms with E-state index in [0.29, 0.717) is 24.0 Å². The Hall–Kier alpha value is -1.09. The molecule has 0 heterocycles. The molecule has 0 aliphatic rings. The fraction of sp³-hybridized carbons (Fsp3) is 0.625. The minimum atomic E-state index is -0.210. The SMILES string of the molecule is CCCCCC(C)NCCOc1ccc(C)c(F)c1. The summed E-state index contributed by atoms with van der Waals surface area (Å²) in [6.07, 6.45) is 5.03. The van der Waals surface area contributed by atoms with E-state index in [0.717, 1.165) is 6.54 Å². The molecule has 0 saturated heterocycles. The average molecular weight is 267 g/mol. The first kappa shape index (κ1) is 16.0. The van der Waals surface area contributed by atoms with Crippen molar-refractivity contribution in [3.05, 3.63) is 29.6 Å². The lowest BCUT2D eigenvalue weighted by molar-refractivity contribution is 0.302. The van der Waals surface area contributed by atoms with Gasteiger partial charge in [-0.1, -0.05) is 32.3 Å². The summed E-state index contributed by atoms with van der Waals surface area (Å²) in [5.41, 5.74) is 0.648. The Bertz CT molecular complexity index is 368. The van der Waals surface area contributed by atoms with Crippen LogP contribution in [0.25, 0.3) is 0 Å². The number of unbranched alkanes of at least 4 members (excludes halogenated alkanes) is 2. The van der Waals surface area contributed by atoms with Gasteiger partial charge in [-0.25, -0.2) is 4.39 Å². The average Bonchev–Trinajstić information content (AvgIpc) is 2.39. The lowest BCUT2D eigenvalue weighted by Crippen LogP contribution is -2.30. The van der Waals surface area contributed by atoms with Crippen LogP contribution in [0, 0.1) is 12.7 Å². The van der Waals surface area contributed by atoms with Crippen molar-refractivity contribution in [1.82, 2.24) is 5.32 Å². The molecule has 0 amide bonds. The van der Waals surface area contributed by atoms with Crippen molar-refractivity contribution in [2.75, 3.05) is 13.2 Å². The second-order valence-corrected chi connectivity index (χ2v) is 5.11. The Kier molecular flexibility index (Phi) is 7.49. The second-order valence-electron chi connectivity index (χ2n) is 5.11. The van der Waals surface area contributed by atoms with E-state index in [2.05, 4.69) is 19.2 Å². The first-order chi connectivity index (χ1) is 9.13. The predicted octanol–water partition coefficient (Wildman–Crippen LogP) is 4.07. The maximum absolute atomic E-state index is 13.3. The fourth-order valence-corrected chi connectivity index (χ4v) is 1.94. The first-order valence-electron chi connectivity index (χ1n) is 7.25. The molecule has 0 saturated carbocycles. The number of nitrogens with one attached hydrogen (secondary N) is 1. The van der Waals surface area contributed by atoms with Crippen molar-refractivity contribution in [2.24, 2.45) is 0 Å². The Morgan fingerprint density at radius 1 is 1.32 bits per heavy atom. The number of benzene rings is 1. The molecule has 3 heteroatoms. The van der Waals surface area contributed by atoms with E-state index < -0.39 is 0 Å². The van der Waals surface area contributed by atoms with Crippen molar-refractivity contribution in [3.63, 3.8) is 0 Å². The molecule has 0 aliphatic carbocycles. The molecule has 108 valence electrons. The van der Waals surface area contributed by atoms with Gasteiger partial charge < -0.3 is 10.1 Å². The van der Waals surface area contributed by atoms with Crippen molar-refractivity contribution < 1.29 is 9.13 Å². The van der Waals surface area contributed by atoms with E-state index in [1.807, 2.05) is 6.07 Å². The third-order valence-corrected chi connectivity index (χ3v) is 3.25. The molecule has 1 atom stereocenters. The maximum Gasteiger partial charge on any atom is 0.129 e. The largest absolute Gasteiger partial charge is 0.492 e. The number of aryl methyl sites for hydroxylation is 1. The van der Waals surface area contributed by atoms with Crippen LogP contribution in [0.5, 0.6) is 5.75 Å². The van der Waals surface area contributed by atoms with Gasteiger partial charge in [0.1, 0.15) is 18.2 Å². The molecule has 2 nitrogen and oxygen atoms in total. The molecule has 0 fully saturated rings. The highest BCUT2D eigenvalue weighted by atomic mass is 19.1. The van der Waals surface area contributed by atoms with Crippen LogP contribution < -0.4 is 10.1 Å². The summed E-state index contributed by atoms with van der Waals surface area (Å²) in [4.78, 5) is 0. The minimum absolute atomic E-state index is 0.210. The monoisotopic (exact) mass is 267 g/mol. The van der Waals surface area contributed by atoms with Crippen molar-refractivity contribution in [3.8, 4) is 5.75 Å². The van der Waals surface area contributed by atoms with Gasteiger partial charge in [-0.15, -0.1) is 0 Å². The molecule has 0 spiro atoms. The molecule has 0 radical (unpaired) electrons. The third-order valence-electron chi connectivity index (χ3n) is 3.25. The van der Waals surface area contributed by atoms with Crippen LogP contribution in [0.4, 0.5) is 4.39 Å². The zero-order valence-corrected chi connectivity index (χ0v) is 12.3. The summed E-state index contributed by atoms with van der Waals surface area (Å²) in [5, 5.41) is 3.42. The topological polar surface area (TPSA) is 21.3 Å². The molecule has 1 aromatic rings. The molecule has 19 heavy (non-hydrogen) atoms. The van der Waals surface area contributed by atoms with Crippen LogP contribution in [-0.4, -0.2) is 19.2 Å². The molecule has 0 bridgehead atoms. The zero-order valence-electron chi connectivity index (χ0n) is 12.3. The minimum Gasteiger partial charge on any atom is -0.492 e. The van der Waals surface area contributed by atoms with Crippen LogP contribution in [0.3, 0.4) is 0 Å². The van der Waals surface area contributed by atoms with Gasteiger partial charge >= 0.3 is 0 Å². The summed E-state index contributed by atoms with van der Waals surface area (Å²) in [5.74, 6) is 0.391. The van der Waals surface area contributed by atoms with E-state index in [-0.39, 0.29) is 5.82 Å². The van der Waals surface area contributed by atoms with Gasteiger partial charge in [-0.05, 0) is 31.9 Å². The number of halogens is 1. The Labute approximate surface area is 116 Å². The Morgan fingerprint density at radius 2 is 2.11 bits per heavy atom. The van der Waals surface area contributed by atoms with Crippen LogP contribution in [-0.2, 0) is 0 Å². The second kappa shape index (κ2) is 8.92. The summed E-state index contributed by atoms with van der Waals surface area (Å²) in [6, 6.07) is 5.51. The third kappa shape index (κ3) is 6.58. The number of rotatable bonds is 9. The van der Waals surface area contributed by atoms with Crippen molar-refractivity contribution in [1.29, 1.82) is 0 Å². The van der Waals surface area contributed by atoms with E-state index in [1.54, 1.807) is 13.0 Å². The number of hydrogen-bond donors (Lipinski definition) is 1. The van der Waals surface area contributed by atoms with Crippen LogP contribution in [0.2, 0.25) is 0 Å². The summed E-state index contributed by atoms with van der Waals surface area (Å²) < 4.78 is 18.8. The molecule has 1 rings (SSSR count). The highest BCUT2D eigenvalue weighted by Gasteiger charge is 2.02. The van der Waals surface area contributed by atoms with Gasteiger partial charge in [-0.2, -0.15) is 0 Å². The van der Waals surface area contributed by atoms with Gasteiger partial charge in [0.15, 0.2) is 0 Å². The predicted molar refractivity (Wildman–Crippen MR) is 78.2 cm³/mol. The zero-order chi connectivity index (χ0) is 14.1. The van der Waals surface area contributed by atoms with Gasteiger partial charge in [0.2, 0.25) is 0 Å². The summed E-state index contributed by atoms with van der Waals surface area (Å²) in [6.45, 7) is 7.52. The number of hydrogen-bond acceptors (Lipinski definition) is 2. The summed E-state index contributed by atoms with van der Waals surface area (Å²) in [7, 11) is 0. The fourth-order valence-electron chi connectivity index (χ4n) is 1.94. The highest BCUT2D eigenvalue weighted by molar-refractivity contribution is 5.27. The Balaban J connectivity index is 2.14. The van der Waals surface area contributed by atoms with E-state index in [9.17, 15) is 4.39 Å². The molecule has 0 aliphatic heterocycles. The van der Waals surface area contributed by atoms with Gasteiger partial charge in [0, 0.05) is 18.7 Å². The van der Waals surface area contributed by atoms with Gasteiger partial charge in [0.25, 0.3) is 0 Å². The first-order valence-corrected chi connectivity index (χ1v) is 7.25. The van der Waals surface area contributed by atoms with Crippen molar-refractivity contribution >= 4 is 0 Å². The smallest absolute Gasteiger partial charge is 0.129 e. The van der Waals surface area contributed by atoms with E-state index >= 15 is 0 Å². The number of ether oxygens (including phenoxy) is 1. The molecular weight excluding hydrogens is 241 g/mol. The molecular formula is C16H26FNO. The molecule has 1 aromatic carbocycles. The van der Waals surface area contributed by atoms with Crippen LogP contribution in [0.15, 0.2) is 18.2 Å². The standard InChI is InChI=1S/C16H26FNO/c1-4-5-6-7-14(3)18-10-11-19-15-9-8-13(2)16(17)12-15/h8-9,12,14,18H,4-7,10-11H2,1-3H3. The van der Waals surface area contributed by atoms with E-state index in [4.69, 9.17) is 4.74 Å². The normalized spacial score (nSPS) is 12.4.